The van der Waals surface area contributed by atoms with Crippen molar-refractivity contribution in [2.24, 2.45) is 0 Å². The van der Waals surface area contributed by atoms with Crippen molar-refractivity contribution < 1.29 is 20.3 Å². The van der Waals surface area contributed by atoms with Crippen molar-refractivity contribution >= 4 is 29.7 Å². The fraction of sp³-hybridized carbons (Fsp3) is 1.00. The van der Waals surface area contributed by atoms with Crippen molar-refractivity contribution in [1.29, 1.82) is 0 Å². The van der Waals surface area contributed by atoms with Gasteiger partial charge in [0.05, 0.1) is 9.43 Å². The minimum atomic E-state index is -1.65. The number of hydrogen-bond acceptors (Lipinski definition) is 4. The van der Waals surface area contributed by atoms with E-state index < -0.39 is 22.1 Å². The van der Waals surface area contributed by atoms with Gasteiger partial charge in [-0.05, 0) is 20.8 Å². The van der Waals surface area contributed by atoms with E-state index in [1.54, 1.807) is 22.6 Å². The lowest BCUT2D eigenvalue weighted by atomic mass is 9.70. The Morgan fingerprint density at radius 1 is 1.17 bits per heavy atom. The number of hydrogen-bond donors (Lipinski definition) is 4. The first-order valence-corrected chi connectivity index (χ1v) is 4.80. The molecule has 0 saturated carbocycles. The Morgan fingerprint density at radius 3 is 1.58 bits per heavy atom. The normalized spacial score (nSPS) is 20.0. The molecule has 0 heterocycles. The Morgan fingerprint density at radius 2 is 1.50 bits per heavy atom. The molecule has 0 amide bonds. The Bertz CT molecular complexity index is 154. The molecule has 0 aliphatic carbocycles. The summed E-state index contributed by atoms with van der Waals surface area (Å²) in [5, 5.41) is 36.8. The highest BCUT2D eigenvalue weighted by atomic mass is 127. The SMILES string of the molecule is CC(C)(O)C(C)(O)C(I)B(O)O. The van der Waals surface area contributed by atoms with E-state index in [-0.39, 0.29) is 0 Å². The first kappa shape index (κ1) is 12.6. The molecular weight excluding hydrogens is 274 g/mol. The first-order chi connectivity index (χ1) is 5.10. The van der Waals surface area contributed by atoms with E-state index in [1.165, 1.54) is 20.8 Å². The lowest BCUT2D eigenvalue weighted by Crippen LogP contribution is -2.58. The number of halogens is 1. The molecule has 0 bridgehead atoms. The molecule has 0 saturated heterocycles. The summed E-state index contributed by atoms with van der Waals surface area (Å²) in [7, 11) is -1.65. The molecule has 0 spiro atoms. The molecule has 0 aliphatic rings. The van der Waals surface area contributed by atoms with Gasteiger partial charge < -0.3 is 20.3 Å². The predicted molar refractivity (Wildman–Crippen MR) is 54.9 cm³/mol. The Balaban J connectivity index is 4.61. The fourth-order valence-corrected chi connectivity index (χ4v) is 1.39. The molecule has 4 N–H and O–H groups in total. The van der Waals surface area contributed by atoms with Crippen molar-refractivity contribution in [1.82, 2.24) is 0 Å². The van der Waals surface area contributed by atoms with E-state index >= 15 is 0 Å². The minimum Gasteiger partial charge on any atom is -0.426 e. The van der Waals surface area contributed by atoms with Crippen LogP contribution in [-0.2, 0) is 0 Å². The summed E-state index contributed by atoms with van der Waals surface area (Å²) in [6, 6.07) is 0. The van der Waals surface area contributed by atoms with E-state index in [9.17, 15) is 10.2 Å². The van der Waals surface area contributed by atoms with Gasteiger partial charge in [0.2, 0.25) is 0 Å². The summed E-state index contributed by atoms with van der Waals surface area (Å²) in [6.07, 6.45) is 0. The molecule has 2 atom stereocenters. The largest absolute Gasteiger partial charge is 0.468 e. The Kier molecular flexibility index (Phi) is 3.99. The third kappa shape index (κ3) is 2.56. The van der Waals surface area contributed by atoms with Crippen LogP contribution in [-0.4, -0.2) is 42.4 Å². The third-order valence-electron chi connectivity index (χ3n) is 2.04. The minimum absolute atomic E-state index is 0.838. The van der Waals surface area contributed by atoms with Gasteiger partial charge in [-0.1, -0.05) is 22.6 Å². The van der Waals surface area contributed by atoms with Crippen LogP contribution in [0.2, 0.25) is 0 Å². The fourth-order valence-electron chi connectivity index (χ4n) is 0.628. The van der Waals surface area contributed by atoms with Crippen molar-refractivity contribution in [3.05, 3.63) is 0 Å². The van der Waals surface area contributed by atoms with Gasteiger partial charge in [-0.2, -0.15) is 0 Å². The maximum atomic E-state index is 9.71. The van der Waals surface area contributed by atoms with Gasteiger partial charge in [0.15, 0.2) is 0 Å². The van der Waals surface area contributed by atoms with Gasteiger partial charge in [0.25, 0.3) is 0 Å². The van der Waals surface area contributed by atoms with E-state index in [1.807, 2.05) is 0 Å². The summed E-state index contributed by atoms with van der Waals surface area (Å²) in [5.74, 6) is 0. The van der Waals surface area contributed by atoms with Gasteiger partial charge in [-0.25, -0.2) is 0 Å². The molecular formula is C6H14BIO4. The average Bonchev–Trinajstić information content (AvgIpc) is 1.83. The van der Waals surface area contributed by atoms with Crippen LogP contribution in [0.5, 0.6) is 0 Å². The molecule has 72 valence electrons. The Labute approximate surface area is 85.9 Å². The van der Waals surface area contributed by atoms with E-state index in [0.717, 1.165) is 0 Å². The maximum Gasteiger partial charge on any atom is 0.468 e. The zero-order valence-corrected chi connectivity index (χ0v) is 9.48. The number of alkyl halides is 1. The number of rotatable bonds is 3. The maximum absolute atomic E-state index is 9.71. The molecule has 0 aromatic heterocycles. The first-order valence-electron chi connectivity index (χ1n) is 3.55. The van der Waals surface area contributed by atoms with Crippen LogP contribution in [0.25, 0.3) is 0 Å². The second-order valence-electron chi connectivity index (χ2n) is 3.52. The molecule has 0 aromatic rings. The zero-order chi connectivity index (χ0) is 10.2. The van der Waals surface area contributed by atoms with Crippen LogP contribution in [0.15, 0.2) is 0 Å². The summed E-state index contributed by atoms with van der Waals surface area (Å²) in [6.45, 7) is 4.20. The van der Waals surface area contributed by atoms with E-state index in [0.29, 0.717) is 0 Å². The third-order valence-corrected chi connectivity index (χ3v) is 3.89. The van der Waals surface area contributed by atoms with Crippen molar-refractivity contribution in [2.45, 2.75) is 35.8 Å². The van der Waals surface area contributed by atoms with Crippen molar-refractivity contribution in [3.63, 3.8) is 0 Å². The molecule has 12 heavy (non-hydrogen) atoms. The molecule has 0 radical (unpaired) electrons. The molecule has 6 heteroatoms. The van der Waals surface area contributed by atoms with Crippen LogP contribution in [0.3, 0.4) is 0 Å². The van der Waals surface area contributed by atoms with Gasteiger partial charge in [0, 0.05) is 0 Å². The average molecular weight is 288 g/mol. The zero-order valence-electron chi connectivity index (χ0n) is 7.32. The topological polar surface area (TPSA) is 80.9 Å². The van der Waals surface area contributed by atoms with Gasteiger partial charge in [0.1, 0.15) is 5.60 Å². The lowest BCUT2D eigenvalue weighted by Gasteiger charge is -2.39. The Hall–Kier alpha value is 0.635. The highest BCUT2D eigenvalue weighted by Gasteiger charge is 2.48. The van der Waals surface area contributed by atoms with Crippen LogP contribution < -0.4 is 0 Å². The molecule has 2 unspecified atom stereocenters. The van der Waals surface area contributed by atoms with Crippen LogP contribution in [0, 0.1) is 0 Å². The van der Waals surface area contributed by atoms with Crippen LogP contribution in [0.1, 0.15) is 20.8 Å². The summed E-state index contributed by atoms with van der Waals surface area (Å²) >= 11 is 1.69. The van der Waals surface area contributed by atoms with E-state index in [4.69, 9.17) is 10.0 Å². The van der Waals surface area contributed by atoms with Crippen molar-refractivity contribution in [2.75, 3.05) is 0 Å². The highest BCUT2D eigenvalue weighted by Crippen LogP contribution is 2.30. The second kappa shape index (κ2) is 3.79. The molecule has 0 rings (SSSR count). The quantitative estimate of drug-likeness (QED) is 0.315. The molecule has 0 aromatic carbocycles. The van der Waals surface area contributed by atoms with Crippen LogP contribution in [0.4, 0.5) is 0 Å². The molecule has 0 aliphatic heterocycles. The summed E-state index contributed by atoms with van der Waals surface area (Å²) in [5.41, 5.74) is -2.91. The van der Waals surface area contributed by atoms with Gasteiger partial charge in [-0.3, -0.25) is 0 Å². The summed E-state index contributed by atoms with van der Waals surface area (Å²) in [4.78, 5) is 0. The molecule has 0 fully saturated rings. The number of aliphatic hydroxyl groups is 2. The van der Waals surface area contributed by atoms with Gasteiger partial charge in [-0.15, -0.1) is 0 Å². The smallest absolute Gasteiger partial charge is 0.426 e. The van der Waals surface area contributed by atoms with Crippen molar-refractivity contribution in [3.8, 4) is 0 Å². The van der Waals surface area contributed by atoms with E-state index in [2.05, 4.69) is 0 Å². The molecule has 4 nitrogen and oxygen atoms in total. The van der Waals surface area contributed by atoms with Gasteiger partial charge >= 0.3 is 7.12 Å². The summed E-state index contributed by atoms with van der Waals surface area (Å²) < 4.78 is -0.838. The standard InChI is InChI=1S/C6H14BIO4/c1-5(2,9)6(3,10)4(8)7(11)12/h4,9-12H,1-3H3. The predicted octanol–water partition coefficient (Wildman–Crippen LogP) is -0.676. The second-order valence-corrected chi connectivity index (χ2v) is 4.86. The highest BCUT2D eigenvalue weighted by molar-refractivity contribution is 14.1. The lowest BCUT2D eigenvalue weighted by molar-refractivity contribution is -0.111. The monoisotopic (exact) mass is 288 g/mol. The van der Waals surface area contributed by atoms with Crippen LogP contribution >= 0.6 is 22.6 Å².